The summed E-state index contributed by atoms with van der Waals surface area (Å²) < 4.78 is 25.5. The minimum Gasteiger partial charge on any atom is -0.393 e. The van der Waals surface area contributed by atoms with Crippen LogP contribution in [0.5, 0.6) is 0 Å². The maximum Gasteiger partial charge on any atom is 0.242 e. The molecule has 7 heteroatoms. The smallest absolute Gasteiger partial charge is 0.242 e. The molecule has 1 unspecified atom stereocenters. The molecule has 3 N–H and O–H groups in total. The third-order valence-electron chi connectivity index (χ3n) is 2.53. The molecule has 0 aliphatic carbocycles. The average Bonchev–Trinajstić information content (AvgIpc) is 2.27. The number of aliphatic hydroxyl groups excluding tert-OH is 1. The molecule has 0 aromatic heterocycles. The zero-order valence-corrected chi connectivity index (χ0v) is 12.5. The van der Waals surface area contributed by atoms with Crippen LogP contribution in [0.1, 0.15) is 12.5 Å². The van der Waals surface area contributed by atoms with Crippen molar-refractivity contribution in [2.24, 2.45) is 5.73 Å². The molecule has 0 saturated heterocycles. The van der Waals surface area contributed by atoms with Gasteiger partial charge in [-0.3, -0.25) is 0 Å². The highest BCUT2D eigenvalue weighted by Gasteiger charge is 2.21. The quantitative estimate of drug-likeness (QED) is 0.748. The van der Waals surface area contributed by atoms with Crippen LogP contribution in [0, 0.1) is 0 Å². The van der Waals surface area contributed by atoms with Crippen molar-refractivity contribution in [3.63, 3.8) is 0 Å². The molecule has 0 amide bonds. The third-order valence-corrected chi connectivity index (χ3v) is 4.51. The van der Waals surface area contributed by atoms with Gasteiger partial charge in [0, 0.05) is 20.0 Å². The van der Waals surface area contributed by atoms with E-state index >= 15 is 0 Å². The topological polar surface area (TPSA) is 83.6 Å². The number of nitrogens with zero attached hydrogens (tertiary/aromatic N) is 1. The first-order chi connectivity index (χ1) is 8.73. The lowest BCUT2D eigenvalue weighted by Crippen LogP contribution is -2.33. The Labute approximate surface area is 119 Å². The average molecular weight is 302 g/mol. The Kier molecular flexibility index (Phi) is 5.42. The van der Waals surface area contributed by atoms with Crippen molar-refractivity contribution in [3.05, 3.63) is 29.8 Å². The lowest BCUT2D eigenvalue weighted by molar-refractivity contribution is 0.171. The van der Waals surface area contributed by atoms with Gasteiger partial charge in [-0.1, -0.05) is 24.4 Å². The fraction of sp³-hybridized carbons (Fsp3) is 0.417. The van der Waals surface area contributed by atoms with Gasteiger partial charge in [0.2, 0.25) is 10.0 Å². The van der Waals surface area contributed by atoms with E-state index in [0.29, 0.717) is 11.4 Å². The fourth-order valence-corrected chi connectivity index (χ4v) is 3.05. The van der Waals surface area contributed by atoms with Gasteiger partial charge in [0.25, 0.3) is 0 Å². The molecule has 1 aromatic rings. The Balaban J connectivity index is 2.93. The first-order valence-electron chi connectivity index (χ1n) is 5.75. The predicted octanol–water partition coefficient (Wildman–Crippen LogP) is 0.517. The summed E-state index contributed by atoms with van der Waals surface area (Å²) in [5.74, 6) is 0. The maximum atomic E-state index is 12.2. The van der Waals surface area contributed by atoms with Gasteiger partial charge >= 0.3 is 0 Å². The highest BCUT2D eigenvalue weighted by molar-refractivity contribution is 7.89. The number of nitrogens with two attached hydrogens (primary N) is 1. The summed E-state index contributed by atoms with van der Waals surface area (Å²) in [6, 6.07) is 6.40. The van der Waals surface area contributed by atoms with Gasteiger partial charge < -0.3 is 10.8 Å². The predicted molar refractivity (Wildman–Crippen MR) is 78.4 cm³/mol. The van der Waals surface area contributed by atoms with Crippen molar-refractivity contribution >= 4 is 27.2 Å². The number of rotatable bonds is 6. The number of sulfonamides is 1. The van der Waals surface area contributed by atoms with Crippen molar-refractivity contribution in [1.82, 2.24) is 4.31 Å². The number of likely N-dealkylation sites (N-methyl/N-ethyl adjacent to an activating group) is 1. The van der Waals surface area contributed by atoms with E-state index < -0.39 is 16.1 Å². The van der Waals surface area contributed by atoms with Crippen LogP contribution in [0.4, 0.5) is 0 Å². The van der Waals surface area contributed by atoms with Crippen LogP contribution >= 0.6 is 12.2 Å². The summed E-state index contributed by atoms with van der Waals surface area (Å²) in [5.41, 5.74) is 6.29. The zero-order chi connectivity index (χ0) is 14.6. The molecule has 0 bridgehead atoms. The van der Waals surface area contributed by atoms with Crippen molar-refractivity contribution in [2.75, 3.05) is 13.6 Å². The lowest BCUT2D eigenvalue weighted by atomic mass is 10.1. The van der Waals surface area contributed by atoms with Crippen LogP contribution in [0.2, 0.25) is 0 Å². The van der Waals surface area contributed by atoms with Gasteiger partial charge in [-0.05, 0) is 24.6 Å². The minimum atomic E-state index is -3.57. The van der Waals surface area contributed by atoms with Gasteiger partial charge in [0.1, 0.15) is 0 Å². The molecule has 1 atom stereocenters. The summed E-state index contributed by atoms with van der Waals surface area (Å²) >= 11 is 4.80. The van der Waals surface area contributed by atoms with E-state index in [0.717, 1.165) is 9.87 Å². The van der Waals surface area contributed by atoms with Crippen LogP contribution in [-0.4, -0.2) is 42.5 Å². The van der Waals surface area contributed by atoms with Gasteiger partial charge in [-0.15, -0.1) is 0 Å². The molecular weight excluding hydrogens is 284 g/mol. The van der Waals surface area contributed by atoms with Crippen LogP contribution in [-0.2, 0) is 16.4 Å². The van der Waals surface area contributed by atoms with E-state index in [1.165, 1.54) is 26.1 Å². The van der Waals surface area contributed by atoms with Crippen LogP contribution in [0.15, 0.2) is 29.2 Å². The summed E-state index contributed by atoms with van der Waals surface area (Å²) in [7, 11) is -2.13. The van der Waals surface area contributed by atoms with Gasteiger partial charge in [0.05, 0.1) is 16.0 Å². The number of thiocarbonyl (C=S) groups is 1. The Bertz CT molecular complexity index is 539. The second kappa shape index (κ2) is 6.42. The second-order valence-corrected chi connectivity index (χ2v) is 6.99. The highest BCUT2D eigenvalue weighted by Crippen LogP contribution is 2.15. The molecule has 0 heterocycles. The van der Waals surface area contributed by atoms with Crippen molar-refractivity contribution in [2.45, 2.75) is 24.3 Å². The fourth-order valence-electron chi connectivity index (χ4n) is 1.63. The van der Waals surface area contributed by atoms with Gasteiger partial charge in [-0.25, -0.2) is 8.42 Å². The Hall–Kier alpha value is -1.02. The number of benzene rings is 1. The van der Waals surface area contributed by atoms with Gasteiger partial charge in [-0.2, -0.15) is 4.31 Å². The SMILES string of the molecule is CC(O)CN(C)S(=O)(=O)c1ccc(CC(N)=S)cc1. The van der Waals surface area contributed by atoms with E-state index in [9.17, 15) is 13.5 Å². The largest absolute Gasteiger partial charge is 0.393 e. The molecule has 0 saturated carbocycles. The molecule has 1 rings (SSSR count). The van der Waals surface area contributed by atoms with E-state index in [1.54, 1.807) is 12.1 Å². The maximum absolute atomic E-state index is 12.2. The van der Waals surface area contributed by atoms with Crippen molar-refractivity contribution in [1.29, 1.82) is 0 Å². The summed E-state index contributed by atoms with van der Waals surface area (Å²) in [4.78, 5) is 0.546. The summed E-state index contributed by atoms with van der Waals surface area (Å²) in [6.07, 6.45) is -0.271. The van der Waals surface area contributed by atoms with E-state index in [1.807, 2.05) is 0 Å². The molecule has 0 aliphatic rings. The molecule has 1 aromatic carbocycles. The second-order valence-electron chi connectivity index (χ2n) is 4.42. The lowest BCUT2D eigenvalue weighted by Gasteiger charge is -2.18. The molecule has 0 spiro atoms. The molecule has 106 valence electrons. The standard InChI is InChI=1S/C12H18N2O3S2/c1-9(15)8-14(2)19(16,17)11-5-3-10(4-6-11)7-12(13)18/h3-6,9,15H,7-8H2,1-2H3,(H2,13,18). The molecule has 0 radical (unpaired) electrons. The van der Waals surface area contributed by atoms with E-state index in [-0.39, 0.29) is 11.4 Å². The first kappa shape index (κ1) is 16.0. The third kappa shape index (κ3) is 4.54. The summed E-state index contributed by atoms with van der Waals surface area (Å²) in [6.45, 7) is 1.59. The minimum absolute atomic E-state index is 0.0526. The van der Waals surface area contributed by atoms with Crippen LogP contribution in [0.25, 0.3) is 0 Å². The van der Waals surface area contributed by atoms with E-state index in [2.05, 4.69) is 0 Å². The first-order valence-corrected chi connectivity index (χ1v) is 7.60. The number of hydrogen-bond donors (Lipinski definition) is 2. The number of hydrogen-bond acceptors (Lipinski definition) is 4. The van der Waals surface area contributed by atoms with Crippen molar-refractivity contribution in [3.8, 4) is 0 Å². The normalized spacial score (nSPS) is 13.5. The molecular formula is C12H18N2O3S2. The number of aliphatic hydroxyl groups is 1. The van der Waals surface area contributed by atoms with Crippen LogP contribution < -0.4 is 5.73 Å². The molecule has 0 aliphatic heterocycles. The summed E-state index contributed by atoms with van der Waals surface area (Å²) in [5, 5.41) is 9.24. The van der Waals surface area contributed by atoms with Gasteiger partial charge in [0.15, 0.2) is 0 Å². The Morgan fingerprint density at radius 2 is 1.95 bits per heavy atom. The Morgan fingerprint density at radius 3 is 2.37 bits per heavy atom. The zero-order valence-electron chi connectivity index (χ0n) is 10.9. The molecule has 0 fully saturated rings. The molecule has 19 heavy (non-hydrogen) atoms. The van der Waals surface area contributed by atoms with E-state index in [4.69, 9.17) is 18.0 Å². The highest BCUT2D eigenvalue weighted by atomic mass is 32.2. The van der Waals surface area contributed by atoms with Crippen LogP contribution in [0.3, 0.4) is 0 Å². The van der Waals surface area contributed by atoms with Crippen molar-refractivity contribution < 1.29 is 13.5 Å². The monoisotopic (exact) mass is 302 g/mol. The Morgan fingerprint density at radius 1 is 1.42 bits per heavy atom. The molecule has 5 nitrogen and oxygen atoms in total.